The molecular weight excluding hydrogens is 432 g/mol. The Morgan fingerprint density at radius 3 is 1.81 bits per heavy atom. The van der Waals surface area contributed by atoms with Gasteiger partial charge >= 0.3 is 0 Å². The topological polar surface area (TPSA) is 0 Å². The first-order chi connectivity index (χ1) is 17.9. The summed E-state index contributed by atoms with van der Waals surface area (Å²) in [5, 5.41) is 8.17. The standard InChI is InChI=1S/C36H24/c1-2-10-23(11-3-1)34-27-15-4-6-17-29(27)36(30-18-7-5-16-28(30)34)32-22-26-14-8-12-24-20-21-25-13-9-19-31(32)35(25)33(24)26/h1-12,15-22H,13-14H2. The molecule has 0 aromatic heterocycles. The average Bonchev–Trinajstić information content (AvgIpc) is 2.95. The van der Waals surface area contributed by atoms with Gasteiger partial charge in [0.25, 0.3) is 0 Å². The number of benzene rings is 6. The predicted octanol–water partition coefficient (Wildman–Crippen LogP) is 9.62. The zero-order valence-corrected chi connectivity index (χ0v) is 20.0. The molecule has 0 spiro atoms. The highest BCUT2D eigenvalue weighted by Gasteiger charge is 2.23. The highest BCUT2D eigenvalue weighted by Crippen LogP contribution is 2.48. The Kier molecular flexibility index (Phi) is 4.15. The molecule has 2 aliphatic rings. The second-order valence-electron chi connectivity index (χ2n) is 9.98. The Morgan fingerprint density at radius 1 is 0.472 bits per heavy atom. The van der Waals surface area contributed by atoms with Gasteiger partial charge in [0.2, 0.25) is 0 Å². The molecule has 0 amide bonds. The molecule has 0 fully saturated rings. The molecule has 0 heteroatoms. The highest BCUT2D eigenvalue weighted by atomic mass is 14.3. The van der Waals surface area contributed by atoms with E-state index in [4.69, 9.17) is 0 Å². The van der Waals surface area contributed by atoms with E-state index >= 15 is 0 Å². The van der Waals surface area contributed by atoms with Gasteiger partial charge in [-0.05, 0) is 95.7 Å². The molecule has 0 bridgehead atoms. The summed E-state index contributed by atoms with van der Waals surface area (Å²) in [5.74, 6) is 0. The van der Waals surface area contributed by atoms with Crippen LogP contribution in [0.15, 0.2) is 109 Å². The van der Waals surface area contributed by atoms with Crippen LogP contribution in [0.1, 0.15) is 22.3 Å². The van der Waals surface area contributed by atoms with E-state index < -0.39 is 0 Å². The third kappa shape index (κ3) is 2.70. The SMILES string of the molecule is C1=Cc2ccc3c4c(c(-c5c6ccccc6c(-c6ccccc6)c6ccccc56)cc(c24)C1)C=CC3. The number of allylic oxidation sites excluding steroid dienone is 2. The van der Waals surface area contributed by atoms with Crippen LogP contribution in [-0.4, -0.2) is 0 Å². The van der Waals surface area contributed by atoms with Crippen molar-refractivity contribution in [1.82, 2.24) is 0 Å². The van der Waals surface area contributed by atoms with Gasteiger partial charge in [0.05, 0.1) is 0 Å². The summed E-state index contributed by atoms with van der Waals surface area (Å²) in [6.45, 7) is 0. The van der Waals surface area contributed by atoms with E-state index in [1.54, 1.807) is 0 Å². The lowest BCUT2D eigenvalue weighted by molar-refractivity contribution is 1.25. The second kappa shape index (κ2) is 7.54. The van der Waals surface area contributed by atoms with Crippen LogP contribution in [0.2, 0.25) is 0 Å². The van der Waals surface area contributed by atoms with Gasteiger partial charge in [-0.25, -0.2) is 0 Å². The number of rotatable bonds is 2. The Bertz CT molecular complexity index is 1860. The van der Waals surface area contributed by atoms with Gasteiger partial charge < -0.3 is 0 Å². The summed E-state index contributed by atoms with van der Waals surface area (Å²) >= 11 is 0. The van der Waals surface area contributed by atoms with Crippen LogP contribution in [0, 0.1) is 0 Å². The molecule has 0 nitrogen and oxygen atoms in total. The summed E-state index contributed by atoms with van der Waals surface area (Å²) in [6, 6.07) is 35.9. The van der Waals surface area contributed by atoms with Crippen LogP contribution in [0.3, 0.4) is 0 Å². The second-order valence-corrected chi connectivity index (χ2v) is 9.98. The Labute approximate surface area is 210 Å². The monoisotopic (exact) mass is 456 g/mol. The lowest BCUT2D eigenvalue weighted by atomic mass is 9.79. The lowest BCUT2D eigenvalue weighted by Gasteiger charge is -2.25. The maximum Gasteiger partial charge on any atom is -0.00200 e. The molecular formula is C36H24. The minimum absolute atomic E-state index is 0.988. The Morgan fingerprint density at radius 2 is 1.08 bits per heavy atom. The van der Waals surface area contributed by atoms with Crippen molar-refractivity contribution in [2.45, 2.75) is 12.8 Å². The number of hydrogen-bond donors (Lipinski definition) is 0. The molecule has 2 aliphatic carbocycles. The number of fused-ring (bicyclic) bond motifs is 2. The first kappa shape index (κ1) is 19.8. The summed E-state index contributed by atoms with van der Waals surface area (Å²) in [7, 11) is 0. The molecule has 36 heavy (non-hydrogen) atoms. The van der Waals surface area contributed by atoms with Gasteiger partial charge in [-0.3, -0.25) is 0 Å². The molecule has 0 heterocycles. The molecule has 168 valence electrons. The largest absolute Gasteiger partial charge is 0.0795 e. The lowest BCUT2D eigenvalue weighted by Crippen LogP contribution is -2.03. The predicted molar refractivity (Wildman–Crippen MR) is 155 cm³/mol. The molecule has 0 saturated heterocycles. The van der Waals surface area contributed by atoms with Crippen LogP contribution < -0.4 is 0 Å². The van der Waals surface area contributed by atoms with E-state index in [9.17, 15) is 0 Å². The van der Waals surface area contributed by atoms with Crippen molar-refractivity contribution in [3.8, 4) is 22.3 Å². The minimum Gasteiger partial charge on any atom is -0.0795 e. The summed E-state index contributed by atoms with van der Waals surface area (Å²) in [4.78, 5) is 0. The van der Waals surface area contributed by atoms with Gasteiger partial charge in [-0.2, -0.15) is 0 Å². The third-order valence-corrected chi connectivity index (χ3v) is 8.04. The van der Waals surface area contributed by atoms with E-state index in [-0.39, 0.29) is 0 Å². The van der Waals surface area contributed by atoms with Gasteiger partial charge in [0, 0.05) is 0 Å². The van der Waals surface area contributed by atoms with Gasteiger partial charge in [-0.1, -0.05) is 115 Å². The highest BCUT2D eigenvalue weighted by molar-refractivity contribution is 6.23. The molecule has 0 atom stereocenters. The van der Waals surface area contributed by atoms with Crippen molar-refractivity contribution in [2.75, 3.05) is 0 Å². The van der Waals surface area contributed by atoms with Gasteiger partial charge in [0.1, 0.15) is 0 Å². The van der Waals surface area contributed by atoms with Crippen LogP contribution in [0.4, 0.5) is 0 Å². The fraction of sp³-hybridized carbons (Fsp3) is 0.0556. The summed E-state index contributed by atoms with van der Waals surface area (Å²) in [5.41, 5.74) is 10.9. The molecule has 0 aliphatic heterocycles. The zero-order chi connectivity index (χ0) is 23.6. The first-order valence-electron chi connectivity index (χ1n) is 12.8. The third-order valence-electron chi connectivity index (χ3n) is 8.04. The molecule has 0 saturated carbocycles. The van der Waals surface area contributed by atoms with E-state index in [2.05, 4.69) is 121 Å². The average molecular weight is 457 g/mol. The summed E-state index contributed by atoms with van der Waals surface area (Å²) < 4.78 is 0. The van der Waals surface area contributed by atoms with E-state index in [0.717, 1.165) is 12.8 Å². The maximum atomic E-state index is 2.49. The Hall–Kier alpha value is -4.42. The maximum absolute atomic E-state index is 2.49. The first-order valence-corrected chi connectivity index (χ1v) is 12.8. The van der Waals surface area contributed by atoms with Gasteiger partial charge in [-0.15, -0.1) is 0 Å². The van der Waals surface area contributed by atoms with Crippen molar-refractivity contribution in [3.63, 3.8) is 0 Å². The molecule has 6 aromatic rings. The van der Waals surface area contributed by atoms with Crippen molar-refractivity contribution < 1.29 is 0 Å². The van der Waals surface area contributed by atoms with Gasteiger partial charge in [0.15, 0.2) is 0 Å². The van der Waals surface area contributed by atoms with Crippen LogP contribution >= 0.6 is 0 Å². The fourth-order valence-corrected chi connectivity index (χ4v) is 6.58. The smallest absolute Gasteiger partial charge is 0.00200 e. The van der Waals surface area contributed by atoms with Crippen molar-refractivity contribution >= 4 is 44.5 Å². The molecule has 6 aromatic carbocycles. The van der Waals surface area contributed by atoms with Crippen LogP contribution in [0.5, 0.6) is 0 Å². The van der Waals surface area contributed by atoms with E-state index in [0.29, 0.717) is 0 Å². The molecule has 0 radical (unpaired) electrons. The van der Waals surface area contributed by atoms with Crippen LogP contribution in [-0.2, 0) is 12.8 Å². The van der Waals surface area contributed by atoms with Crippen molar-refractivity contribution in [3.05, 3.63) is 131 Å². The van der Waals surface area contributed by atoms with E-state index in [1.807, 2.05) is 0 Å². The van der Waals surface area contributed by atoms with Crippen molar-refractivity contribution in [2.24, 2.45) is 0 Å². The van der Waals surface area contributed by atoms with E-state index in [1.165, 1.54) is 76.8 Å². The normalized spacial score (nSPS) is 13.7. The molecule has 0 N–H and O–H groups in total. The number of hydrogen-bond acceptors (Lipinski definition) is 0. The Balaban J connectivity index is 1.58. The van der Waals surface area contributed by atoms with Crippen LogP contribution in [0.25, 0.3) is 66.7 Å². The quantitative estimate of drug-likeness (QED) is 0.228. The molecule has 8 rings (SSSR count). The summed E-state index contributed by atoms with van der Waals surface area (Å²) in [6.07, 6.45) is 11.3. The fourth-order valence-electron chi connectivity index (χ4n) is 6.58. The minimum atomic E-state index is 0.988. The zero-order valence-electron chi connectivity index (χ0n) is 20.0. The van der Waals surface area contributed by atoms with Crippen molar-refractivity contribution in [1.29, 1.82) is 0 Å². The molecule has 0 unspecified atom stereocenters.